The summed E-state index contributed by atoms with van der Waals surface area (Å²) in [5.41, 5.74) is 2.98. The molecule has 0 N–H and O–H groups in total. The standard InChI is InChI=1S/C21H25NO3/c1-13-10-21(11-14(2)18(13)23)12-20(3,4)22-19(21)15-7-8-16(24-5)17(9-15)25-6/h7-11H,12H2,1-6H3. The average Bonchev–Trinajstić information content (AvgIpc) is 2.82. The van der Waals surface area contributed by atoms with Gasteiger partial charge in [0.15, 0.2) is 17.3 Å². The molecule has 4 nitrogen and oxygen atoms in total. The normalized spacial score (nSPS) is 20.9. The molecule has 1 aromatic carbocycles. The van der Waals surface area contributed by atoms with E-state index in [4.69, 9.17) is 14.5 Å². The van der Waals surface area contributed by atoms with Crippen molar-refractivity contribution in [3.8, 4) is 11.5 Å². The Hall–Kier alpha value is -2.36. The van der Waals surface area contributed by atoms with Gasteiger partial charge in [-0.3, -0.25) is 9.79 Å². The minimum atomic E-state index is -0.356. The third-order valence-electron chi connectivity index (χ3n) is 4.90. The monoisotopic (exact) mass is 339 g/mol. The Kier molecular flexibility index (Phi) is 4.10. The largest absolute Gasteiger partial charge is 0.493 e. The maximum atomic E-state index is 12.2. The molecule has 0 amide bonds. The second-order valence-electron chi connectivity index (χ2n) is 7.54. The van der Waals surface area contributed by atoms with Crippen LogP contribution in [0.25, 0.3) is 0 Å². The lowest BCUT2D eigenvalue weighted by Crippen LogP contribution is -2.31. The van der Waals surface area contributed by atoms with Crippen molar-refractivity contribution in [1.29, 1.82) is 0 Å². The molecule has 3 rings (SSSR count). The van der Waals surface area contributed by atoms with Gasteiger partial charge in [0.1, 0.15) is 0 Å². The SMILES string of the molecule is COc1ccc(C2=NC(C)(C)CC23C=C(C)C(=O)C(C)=C3)cc1OC. The Morgan fingerprint density at radius 1 is 1.00 bits per heavy atom. The lowest BCUT2D eigenvalue weighted by Gasteiger charge is -2.30. The topological polar surface area (TPSA) is 47.9 Å². The summed E-state index contributed by atoms with van der Waals surface area (Å²) in [5.74, 6) is 1.48. The summed E-state index contributed by atoms with van der Waals surface area (Å²) in [4.78, 5) is 17.3. The first-order chi connectivity index (χ1) is 11.7. The number of rotatable bonds is 3. The number of nitrogens with zero attached hydrogens (tertiary/aromatic N) is 1. The van der Waals surface area contributed by atoms with Crippen LogP contribution in [0.2, 0.25) is 0 Å². The molecule has 0 bridgehead atoms. The quantitative estimate of drug-likeness (QED) is 0.831. The lowest BCUT2D eigenvalue weighted by atomic mass is 9.70. The highest BCUT2D eigenvalue weighted by atomic mass is 16.5. The van der Waals surface area contributed by atoms with E-state index in [2.05, 4.69) is 26.0 Å². The average molecular weight is 339 g/mol. The molecule has 1 aliphatic carbocycles. The zero-order valence-corrected chi connectivity index (χ0v) is 15.8. The highest BCUT2D eigenvalue weighted by molar-refractivity contribution is 6.15. The number of methoxy groups -OCH3 is 2. The maximum absolute atomic E-state index is 12.2. The lowest BCUT2D eigenvalue weighted by molar-refractivity contribution is -0.112. The zero-order valence-electron chi connectivity index (χ0n) is 15.8. The number of aliphatic imine (C=N–C) groups is 1. The van der Waals surface area contributed by atoms with Crippen molar-refractivity contribution in [2.45, 2.75) is 39.7 Å². The number of ketones is 1. The van der Waals surface area contributed by atoms with Crippen molar-refractivity contribution in [2.75, 3.05) is 14.2 Å². The number of benzene rings is 1. The fourth-order valence-corrected chi connectivity index (χ4v) is 4.06. The van der Waals surface area contributed by atoms with Crippen LogP contribution >= 0.6 is 0 Å². The molecule has 0 fully saturated rings. The van der Waals surface area contributed by atoms with Crippen LogP contribution in [0.3, 0.4) is 0 Å². The van der Waals surface area contributed by atoms with Crippen LogP contribution in [0, 0.1) is 5.41 Å². The predicted molar refractivity (Wildman–Crippen MR) is 99.7 cm³/mol. The molecule has 1 aliphatic heterocycles. The number of carbonyl (C=O) groups is 1. The first-order valence-corrected chi connectivity index (χ1v) is 8.48. The van der Waals surface area contributed by atoms with Gasteiger partial charge in [0.05, 0.1) is 30.9 Å². The summed E-state index contributed by atoms with van der Waals surface area (Å²) >= 11 is 0. The summed E-state index contributed by atoms with van der Waals surface area (Å²) in [5, 5.41) is 0. The van der Waals surface area contributed by atoms with Crippen molar-refractivity contribution in [3.63, 3.8) is 0 Å². The summed E-state index contributed by atoms with van der Waals surface area (Å²) in [6.45, 7) is 8.03. The van der Waals surface area contributed by atoms with Crippen LogP contribution in [0.1, 0.15) is 39.7 Å². The Labute approximate surface area is 149 Å². The molecule has 0 saturated carbocycles. The minimum Gasteiger partial charge on any atom is -0.493 e. The Morgan fingerprint density at radius 3 is 2.16 bits per heavy atom. The molecule has 0 aromatic heterocycles. The van der Waals surface area contributed by atoms with Crippen LogP contribution in [0.4, 0.5) is 0 Å². The van der Waals surface area contributed by atoms with Crippen molar-refractivity contribution in [1.82, 2.24) is 0 Å². The Morgan fingerprint density at radius 2 is 1.60 bits per heavy atom. The van der Waals surface area contributed by atoms with E-state index in [-0.39, 0.29) is 16.7 Å². The van der Waals surface area contributed by atoms with E-state index in [9.17, 15) is 4.79 Å². The Bertz CT molecular complexity index is 806. The molecule has 1 aromatic rings. The van der Waals surface area contributed by atoms with Crippen molar-refractivity contribution in [2.24, 2.45) is 10.4 Å². The second kappa shape index (κ2) is 5.87. The minimum absolute atomic E-state index is 0.113. The van der Waals surface area contributed by atoms with Gasteiger partial charge in [0, 0.05) is 5.56 Å². The summed E-state index contributed by atoms with van der Waals surface area (Å²) < 4.78 is 10.8. The molecule has 4 heteroatoms. The second-order valence-corrected chi connectivity index (χ2v) is 7.54. The van der Waals surface area contributed by atoms with Crippen LogP contribution < -0.4 is 9.47 Å². The molecule has 0 unspecified atom stereocenters. The zero-order chi connectivity index (χ0) is 18.4. The molecule has 0 saturated heterocycles. The smallest absolute Gasteiger partial charge is 0.183 e. The first kappa shape index (κ1) is 17.5. The van der Waals surface area contributed by atoms with Crippen LogP contribution in [-0.2, 0) is 4.79 Å². The fourth-order valence-electron chi connectivity index (χ4n) is 4.06. The molecule has 0 radical (unpaired) electrons. The number of hydrogen-bond acceptors (Lipinski definition) is 4. The van der Waals surface area contributed by atoms with Crippen molar-refractivity contribution < 1.29 is 14.3 Å². The molecule has 25 heavy (non-hydrogen) atoms. The van der Waals surface area contributed by atoms with E-state index in [1.807, 2.05) is 32.0 Å². The summed E-state index contributed by atoms with van der Waals surface area (Å²) in [6.07, 6.45) is 4.99. The molecular formula is C21H25NO3. The first-order valence-electron chi connectivity index (χ1n) is 8.48. The van der Waals surface area contributed by atoms with Crippen LogP contribution in [0.15, 0.2) is 46.5 Å². The van der Waals surface area contributed by atoms with Crippen LogP contribution in [-0.4, -0.2) is 31.3 Å². The Balaban J connectivity index is 2.18. The third kappa shape index (κ3) is 2.90. The fraction of sp³-hybridized carbons (Fsp3) is 0.429. The number of carbonyl (C=O) groups excluding carboxylic acids is 1. The van der Waals surface area contributed by atoms with Gasteiger partial charge in [0.25, 0.3) is 0 Å². The van der Waals surface area contributed by atoms with E-state index in [1.165, 1.54) is 0 Å². The van der Waals surface area contributed by atoms with E-state index in [1.54, 1.807) is 14.2 Å². The van der Waals surface area contributed by atoms with E-state index < -0.39 is 0 Å². The van der Waals surface area contributed by atoms with E-state index in [0.29, 0.717) is 11.5 Å². The summed E-state index contributed by atoms with van der Waals surface area (Å²) in [6, 6.07) is 5.87. The highest BCUT2D eigenvalue weighted by Crippen LogP contribution is 2.47. The molecule has 0 atom stereocenters. The van der Waals surface area contributed by atoms with E-state index in [0.717, 1.165) is 28.8 Å². The molecule has 1 heterocycles. The maximum Gasteiger partial charge on any atom is 0.183 e. The predicted octanol–water partition coefficient (Wildman–Crippen LogP) is 4.14. The number of allylic oxidation sites excluding steroid dienone is 4. The van der Waals surface area contributed by atoms with Gasteiger partial charge in [-0.15, -0.1) is 0 Å². The van der Waals surface area contributed by atoms with E-state index >= 15 is 0 Å². The number of hydrogen-bond donors (Lipinski definition) is 0. The van der Waals surface area contributed by atoms with Gasteiger partial charge in [-0.2, -0.15) is 0 Å². The van der Waals surface area contributed by atoms with Crippen molar-refractivity contribution in [3.05, 3.63) is 47.1 Å². The molecule has 132 valence electrons. The highest BCUT2D eigenvalue weighted by Gasteiger charge is 2.46. The van der Waals surface area contributed by atoms with Gasteiger partial charge >= 0.3 is 0 Å². The number of Topliss-reactive ketones (excluding diaryl/α,β-unsaturated/α-hetero) is 1. The van der Waals surface area contributed by atoms with Crippen LogP contribution in [0.5, 0.6) is 11.5 Å². The summed E-state index contributed by atoms with van der Waals surface area (Å²) in [7, 11) is 3.26. The van der Waals surface area contributed by atoms with Gasteiger partial charge in [-0.1, -0.05) is 12.2 Å². The van der Waals surface area contributed by atoms with Gasteiger partial charge < -0.3 is 9.47 Å². The van der Waals surface area contributed by atoms with Gasteiger partial charge in [-0.25, -0.2) is 0 Å². The molecule has 1 spiro atoms. The third-order valence-corrected chi connectivity index (χ3v) is 4.90. The van der Waals surface area contributed by atoms with Gasteiger partial charge in [-0.05, 0) is 63.5 Å². The molecule has 2 aliphatic rings. The van der Waals surface area contributed by atoms with Crippen molar-refractivity contribution >= 4 is 11.5 Å². The molecular weight excluding hydrogens is 314 g/mol. The number of ether oxygens (including phenoxy) is 2. The van der Waals surface area contributed by atoms with Gasteiger partial charge in [0.2, 0.25) is 0 Å².